The minimum atomic E-state index is -1.01. The molecule has 1 N–H and O–H groups in total. The van der Waals surface area contributed by atoms with Crippen LogP contribution in [0.1, 0.15) is 21.7 Å². The van der Waals surface area contributed by atoms with Crippen LogP contribution in [-0.2, 0) is 7.05 Å². The predicted octanol–water partition coefficient (Wildman–Crippen LogP) is 2.40. The first-order valence-electron chi connectivity index (χ1n) is 5.33. The van der Waals surface area contributed by atoms with Crippen molar-refractivity contribution in [1.29, 1.82) is 0 Å². The molecule has 2 aromatic rings. The number of benzene rings is 1. The maximum absolute atomic E-state index is 10.9. The molecule has 0 radical (unpaired) electrons. The van der Waals surface area contributed by atoms with Gasteiger partial charge in [-0.2, -0.15) is 0 Å². The van der Waals surface area contributed by atoms with Gasteiger partial charge in [-0.05, 0) is 31.0 Å². The molecule has 2 rings (SSSR count). The first kappa shape index (κ1) is 11.4. The van der Waals surface area contributed by atoms with E-state index in [0.29, 0.717) is 0 Å². The van der Waals surface area contributed by atoms with E-state index in [1.165, 1.54) is 11.1 Å². The largest absolute Gasteiger partial charge is 0.475 e. The highest BCUT2D eigenvalue weighted by Gasteiger charge is 2.14. The van der Waals surface area contributed by atoms with Gasteiger partial charge in [0, 0.05) is 12.6 Å². The van der Waals surface area contributed by atoms with Crippen molar-refractivity contribution in [2.45, 2.75) is 13.8 Å². The van der Waals surface area contributed by atoms with Gasteiger partial charge >= 0.3 is 5.97 Å². The number of hydrogen-bond donors (Lipinski definition) is 1. The third kappa shape index (κ3) is 1.93. The summed E-state index contributed by atoms with van der Waals surface area (Å²) in [6, 6.07) is 6.04. The zero-order valence-electron chi connectivity index (χ0n) is 10.1. The topological polar surface area (TPSA) is 55.1 Å². The summed E-state index contributed by atoms with van der Waals surface area (Å²) in [6.45, 7) is 4.08. The molecule has 0 aliphatic rings. The van der Waals surface area contributed by atoms with E-state index in [2.05, 4.69) is 4.98 Å². The highest BCUT2D eigenvalue weighted by molar-refractivity contribution is 5.84. The summed E-state index contributed by atoms with van der Waals surface area (Å²) < 4.78 is 1.59. The van der Waals surface area contributed by atoms with Gasteiger partial charge in [-0.1, -0.05) is 12.1 Å². The van der Waals surface area contributed by atoms with E-state index in [1.54, 1.807) is 17.8 Å². The highest BCUT2D eigenvalue weighted by atomic mass is 16.4. The number of carboxylic acid groups (broad SMARTS) is 1. The summed E-state index contributed by atoms with van der Waals surface area (Å²) in [6.07, 6.45) is 1.59. The number of aromatic nitrogens is 2. The Hall–Kier alpha value is -2.10. The minimum Gasteiger partial charge on any atom is -0.475 e. The summed E-state index contributed by atoms with van der Waals surface area (Å²) in [7, 11) is 1.71. The molecule has 0 fully saturated rings. The molecule has 0 saturated carbocycles. The van der Waals surface area contributed by atoms with Crippen LogP contribution in [0.4, 0.5) is 0 Å². The molecule has 1 heterocycles. The number of carbonyl (C=O) groups is 1. The molecule has 88 valence electrons. The summed E-state index contributed by atoms with van der Waals surface area (Å²) in [4.78, 5) is 14.8. The van der Waals surface area contributed by atoms with E-state index in [-0.39, 0.29) is 5.82 Å². The first-order valence-corrected chi connectivity index (χ1v) is 5.33. The van der Waals surface area contributed by atoms with E-state index in [9.17, 15) is 4.79 Å². The monoisotopic (exact) mass is 230 g/mol. The van der Waals surface area contributed by atoms with Gasteiger partial charge in [0.2, 0.25) is 5.82 Å². The molecule has 0 unspecified atom stereocenters. The van der Waals surface area contributed by atoms with Crippen LogP contribution in [-0.4, -0.2) is 20.6 Å². The maximum Gasteiger partial charge on any atom is 0.372 e. The zero-order chi connectivity index (χ0) is 12.6. The van der Waals surface area contributed by atoms with Gasteiger partial charge in [0.1, 0.15) is 0 Å². The third-order valence-electron chi connectivity index (χ3n) is 2.98. The highest BCUT2D eigenvalue weighted by Crippen LogP contribution is 2.22. The minimum absolute atomic E-state index is 0.0539. The lowest BCUT2D eigenvalue weighted by Crippen LogP contribution is -2.06. The van der Waals surface area contributed by atoms with Crippen LogP contribution in [0.2, 0.25) is 0 Å². The Balaban J connectivity index is 2.53. The number of aromatic carboxylic acids is 1. The van der Waals surface area contributed by atoms with Crippen LogP contribution in [0.3, 0.4) is 0 Å². The lowest BCUT2D eigenvalue weighted by molar-refractivity contribution is 0.0680. The van der Waals surface area contributed by atoms with E-state index in [0.717, 1.165) is 11.3 Å². The number of rotatable bonds is 2. The van der Waals surface area contributed by atoms with Crippen molar-refractivity contribution in [2.75, 3.05) is 0 Å². The van der Waals surface area contributed by atoms with Crippen molar-refractivity contribution in [1.82, 2.24) is 9.55 Å². The molecule has 0 saturated heterocycles. The fourth-order valence-corrected chi connectivity index (χ4v) is 1.78. The lowest BCUT2D eigenvalue weighted by atomic mass is 10.0. The molecule has 0 spiro atoms. The first-order chi connectivity index (χ1) is 8.00. The summed E-state index contributed by atoms with van der Waals surface area (Å²) >= 11 is 0. The average Bonchev–Trinajstić information content (AvgIpc) is 2.64. The van der Waals surface area contributed by atoms with Crippen LogP contribution in [0.25, 0.3) is 11.3 Å². The van der Waals surface area contributed by atoms with Crippen molar-refractivity contribution in [3.63, 3.8) is 0 Å². The summed E-state index contributed by atoms with van der Waals surface area (Å²) in [5.41, 5.74) is 4.19. The second-order valence-corrected chi connectivity index (χ2v) is 4.13. The van der Waals surface area contributed by atoms with Gasteiger partial charge in [-0.3, -0.25) is 0 Å². The molecule has 4 nitrogen and oxygen atoms in total. The van der Waals surface area contributed by atoms with Gasteiger partial charge < -0.3 is 9.67 Å². The number of hydrogen-bond acceptors (Lipinski definition) is 2. The Morgan fingerprint density at radius 3 is 2.53 bits per heavy atom. The van der Waals surface area contributed by atoms with Crippen LogP contribution in [0.15, 0.2) is 24.4 Å². The Labute approximate surface area is 99.5 Å². The summed E-state index contributed by atoms with van der Waals surface area (Å²) in [5.74, 6) is -0.958. The quantitative estimate of drug-likeness (QED) is 0.861. The molecule has 17 heavy (non-hydrogen) atoms. The second kappa shape index (κ2) is 4.05. The van der Waals surface area contributed by atoms with Crippen molar-refractivity contribution in [2.24, 2.45) is 7.05 Å². The molecule has 0 atom stereocenters. The number of carboxylic acids is 1. The average molecular weight is 230 g/mol. The predicted molar refractivity (Wildman–Crippen MR) is 65.1 cm³/mol. The molecule has 1 aromatic heterocycles. The Bertz CT molecular complexity index is 585. The van der Waals surface area contributed by atoms with E-state index < -0.39 is 5.97 Å². The molecule has 1 aromatic carbocycles. The van der Waals surface area contributed by atoms with E-state index >= 15 is 0 Å². The van der Waals surface area contributed by atoms with Gasteiger partial charge in [-0.15, -0.1) is 0 Å². The van der Waals surface area contributed by atoms with Crippen LogP contribution < -0.4 is 0 Å². The Morgan fingerprint density at radius 1 is 1.29 bits per heavy atom. The molecule has 0 aliphatic heterocycles. The molecular weight excluding hydrogens is 216 g/mol. The van der Waals surface area contributed by atoms with Gasteiger partial charge in [0.05, 0.1) is 11.9 Å². The van der Waals surface area contributed by atoms with Gasteiger partial charge in [-0.25, -0.2) is 9.78 Å². The van der Waals surface area contributed by atoms with Crippen LogP contribution in [0.5, 0.6) is 0 Å². The Kier molecular flexibility index (Phi) is 2.71. The maximum atomic E-state index is 10.9. The smallest absolute Gasteiger partial charge is 0.372 e. The third-order valence-corrected chi connectivity index (χ3v) is 2.98. The lowest BCUT2D eigenvalue weighted by Gasteiger charge is -2.06. The van der Waals surface area contributed by atoms with E-state index in [1.807, 2.05) is 32.0 Å². The van der Waals surface area contributed by atoms with Gasteiger partial charge in [0.25, 0.3) is 0 Å². The molecule has 0 amide bonds. The second-order valence-electron chi connectivity index (χ2n) is 4.13. The molecule has 4 heteroatoms. The normalized spacial score (nSPS) is 10.5. The Morgan fingerprint density at radius 2 is 2.00 bits per heavy atom. The van der Waals surface area contributed by atoms with Crippen LogP contribution >= 0.6 is 0 Å². The number of nitrogens with zero attached hydrogens (tertiary/aromatic N) is 2. The molecular formula is C13H14N2O2. The van der Waals surface area contributed by atoms with E-state index in [4.69, 9.17) is 5.11 Å². The molecule has 0 aliphatic carbocycles. The standard InChI is InChI=1S/C13H14N2O2/c1-8-4-5-10(6-9(8)2)11-7-14-12(13(16)17)15(11)3/h4-7H,1-3H3,(H,16,17). The van der Waals surface area contributed by atoms with Crippen molar-refractivity contribution in [3.05, 3.63) is 41.3 Å². The molecule has 0 bridgehead atoms. The van der Waals surface area contributed by atoms with Crippen molar-refractivity contribution in [3.8, 4) is 11.3 Å². The fourth-order valence-electron chi connectivity index (χ4n) is 1.78. The number of aryl methyl sites for hydroxylation is 2. The summed E-state index contributed by atoms with van der Waals surface area (Å²) in [5, 5.41) is 8.94. The van der Waals surface area contributed by atoms with Crippen molar-refractivity contribution < 1.29 is 9.90 Å². The van der Waals surface area contributed by atoms with Crippen LogP contribution in [0, 0.1) is 13.8 Å². The zero-order valence-corrected chi connectivity index (χ0v) is 10.1. The van der Waals surface area contributed by atoms with Crippen molar-refractivity contribution >= 4 is 5.97 Å². The number of imidazole rings is 1. The SMILES string of the molecule is Cc1ccc(-c2cnc(C(=O)O)n2C)cc1C. The van der Waals surface area contributed by atoms with Gasteiger partial charge in [0.15, 0.2) is 0 Å². The fraction of sp³-hybridized carbons (Fsp3) is 0.231.